The zero-order valence-corrected chi connectivity index (χ0v) is 11.6. The third-order valence-corrected chi connectivity index (χ3v) is 5.32. The summed E-state index contributed by atoms with van der Waals surface area (Å²) in [4.78, 5) is 0. The molecule has 0 aliphatic carbocycles. The number of nitrogen functional groups attached to an aromatic ring is 1. The van der Waals surface area contributed by atoms with E-state index in [2.05, 4.69) is 0 Å². The lowest BCUT2D eigenvalue weighted by Gasteiger charge is -2.31. The average Bonchev–Trinajstić information content (AvgIpc) is 2.41. The number of para-hydroxylation sites is 1. The number of hydrogen-bond donors (Lipinski definition) is 2. The Morgan fingerprint density at radius 1 is 1.37 bits per heavy atom. The largest absolute Gasteiger partial charge is 0.398 e. The number of sulfonamides is 1. The van der Waals surface area contributed by atoms with Gasteiger partial charge in [0.15, 0.2) is 0 Å². The van der Waals surface area contributed by atoms with E-state index < -0.39 is 10.0 Å². The smallest absolute Gasteiger partial charge is 0.218 e. The highest BCUT2D eigenvalue weighted by molar-refractivity contribution is 7.88. The summed E-state index contributed by atoms with van der Waals surface area (Å²) in [5.41, 5.74) is 6.92. The molecule has 6 heteroatoms. The molecule has 0 amide bonds. The van der Waals surface area contributed by atoms with E-state index in [0.29, 0.717) is 24.3 Å². The first kappa shape index (κ1) is 14.3. The zero-order valence-electron chi connectivity index (χ0n) is 10.8. The standard InChI is InChI=1S/C13H20N2O3S/c14-13-6-2-1-5-12(13)10-19(17,18)15-7-3-4-11(8-15)9-16/h1-2,5-6,11,16H,3-4,7-10,14H2. The van der Waals surface area contributed by atoms with Gasteiger partial charge in [-0.1, -0.05) is 18.2 Å². The highest BCUT2D eigenvalue weighted by Gasteiger charge is 2.28. The third kappa shape index (κ3) is 3.46. The van der Waals surface area contributed by atoms with Gasteiger partial charge in [-0.25, -0.2) is 12.7 Å². The Morgan fingerprint density at radius 3 is 2.79 bits per heavy atom. The number of benzene rings is 1. The second kappa shape index (κ2) is 5.90. The maximum atomic E-state index is 12.4. The van der Waals surface area contributed by atoms with E-state index in [1.165, 1.54) is 4.31 Å². The van der Waals surface area contributed by atoms with Crippen molar-refractivity contribution >= 4 is 15.7 Å². The van der Waals surface area contributed by atoms with Gasteiger partial charge in [-0.2, -0.15) is 0 Å². The normalized spacial score (nSPS) is 21.4. The molecule has 1 saturated heterocycles. The molecular formula is C13H20N2O3S. The molecule has 0 aromatic heterocycles. The fourth-order valence-electron chi connectivity index (χ4n) is 2.38. The second-order valence-corrected chi connectivity index (χ2v) is 6.97. The topological polar surface area (TPSA) is 83.6 Å². The predicted octanol–water partition coefficient (Wildman–Crippen LogP) is 0.803. The van der Waals surface area contributed by atoms with Crippen molar-refractivity contribution in [3.05, 3.63) is 29.8 Å². The summed E-state index contributed by atoms with van der Waals surface area (Å²) < 4.78 is 26.2. The highest BCUT2D eigenvalue weighted by Crippen LogP contribution is 2.22. The first-order chi connectivity index (χ1) is 9.03. The minimum absolute atomic E-state index is 0.0412. The number of anilines is 1. The average molecular weight is 284 g/mol. The van der Waals surface area contributed by atoms with Crippen molar-refractivity contribution in [1.82, 2.24) is 4.31 Å². The van der Waals surface area contributed by atoms with Crippen LogP contribution in [0.25, 0.3) is 0 Å². The van der Waals surface area contributed by atoms with Crippen LogP contribution in [-0.4, -0.2) is 37.5 Å². The molecule has 1 fully saturated rings. The van der Waals surface area contributed by atoms with Gasteiger partial charge in [0.05, 0.1) is 5.75 Å². The van der Waals surface area contributed by atoms with Gasteiger partial charge in [-0.15, -0.1) is 0 Å². The van der Waals surface area contributed by atoms with Crippen LogP contribution in [0.15, 0.2) is 24.3 Å². The summed E-state index contributed by atoms with van der Waals surface area (Å²) >= 11 is 0. The van der Waals surface area contributed by atoms with Crippen LogP contribution in [0.4, 0.5) is 5.69 Å². The maximum absolute atomic E-state index is 12.4. The van der Waals surface area contributed by atoms with Gasteiger partial charge in [0, 0.05) is 25.4 Å². The maximum Gasteiger partial charge on any atom is 0.218 e. The number of aliphatic hydroxyl groups excluding tert-OH is 1. The number of nitrogens with zero attached hydrogens (tertiary/aromatic N) is 1. The van der Waals surface area contributed by atoms with Gasteiger partial charge in [-0.05, 0) is 30.4 Å². The lowest BCUT2D eigenvalue weighted by Crippen LogP contribution is -2.41. The molecule has 1 heterocycles. The highest BCUT2D eigenvalue weighted by atomic mass is 32.2. The summed E-state index contributed by atoms with van der Waals surface area (Å²) in [6, 6.07) is 7.01. The molecule has 1 atom stereocenters. The quantitative estimate of drug-likeness (QED) is 0.801. The molecule has 0 saturated carbocycles. The van der Waals surface area contributed by atoms with Crippen molar-refractivity contribution in [2.75, 3.05) is 25.4 Å². The van der Waals surface area contributed by atoms with E-state index >= 15 is 0 Å². The van der Waals surface area contributed by atoms with Crippen LogP contribution in [0.3, 0.4) is 0 Å². The van der Waals surface area contributed by atoms with Crippen LogP contribution >= 0.6 is 0 Å². The molecule has 3 N–H and O–H groups in total. The van der Waals surface area contributed by atoms with E-state index in [0.717, 1.165) is 12.8 Å². The van der Waals surface area contributed by atoms with Crippen LogP contribution in [-0.2, 0) is 15.8 Å². The van der Waals surface area contributed by atoms with E-state index in [4.69, 9.17) is 10.8 Å². The Morgan fingerprint density at radius 2 is 2.11 bits per heavy atom. The van der Waals surface area contributed by atoms with Gasteiger partial charge in [0.1, 0.15) is 0 Å². The van der Waals surface area contributed by atoms with Crippen LogP contribution in [0.2, 0.25) is 0 Å². The summed E-state index contributed by atoms with van der Waals surface area (Å²) in [5.74, 6) is -0.0192. The summed E-state index contributed by atoms with van der Waals surface area (Å²) in [6.07, 6.45) is 1.69. The molecule has 1 unspecified atom stereocenters. The number of rotatable bonds is 4. The Balaban J connectivity index is 2.12. The zero-order chi connectivity index (χ0) is 13.9. The lowest BCUT2D eigenvalue weighted by molar-refractivity contribution is 0.165. The molecular weight excluding hydrogens is 264 g/mol. The Hall–Kier alpha value is -1.11. The SMILES string of the molecule is Nc1ccccc1CS(=O)(=O)N1CCCC(CO)C1. The molecule has 2 rings (SSSR count). The van der Waals surface area contributed by atoms with Crippen molar-refractivity contribution in [2.24, 2.45) is 5.92 Å². The minimum Gasteiger partial charge on any atom is -0.398 e. The van der Waals surface area contributed by atoms with E-state index in [-0.39, 0.29) is 18.3 Å². The Kier molecular flexibility index (Phi) is 4.44. The molecule has 1 aromatic carbocycles. The van der Waals surface area contributed by atoms with Crippen LogP contribution < -0.4 is 5.73 Å². The number of piperidine rings is 1. The van der Waals surface area contributed by atoms with Crippen LogP contribution in [0.5, 0.6) is 0 Å². The molecule has 0 radical (unpaired) electrons. The van der Waals surface area contributed by atoms with Crippen LogP contribution in [0.1, 0.15) is 18.4 Å². The first-order valence-electron chi connectivity index (χ1n) is 6.45. The predicted molar refractivity (Wildman–Crippen MR) is 74.9 cm³/mol. The molecule has 1 aliphatic rings. The Bertz CT molecular complexity index is 530. The van der Waals surface area contributed by atoms with E-state index in [1.807, 2.05) is 0 Å². The van der Waals surface area contributed by atoms with Crippen molar-refractivity contribution in [3.63, 3.8) is 0 Å². The first-order valence-corrected chi connectivity index (χ1v) is 8.06. The molecule has 19 heavy (non-hydrogen) atoms. The van der Waals surface area contributed by atoms with Gasteiger partial charge in [0.2, 0.25) is 10.0 Å². The molecule has 1 aromatic rings. The summed E-state index contributed by atoms with van der Waals surface area (Å²) in [7, 11) is -3.36. The van der Waals surface area contributed by atoms with Crippen LogP contribution in [0, 0.1) is 5.92 Å². The molecule has 0 spiro atoms. The van der Waals surface area contributed by atoms with Crippen molar-refractivity contribution in [3.8, 4) is 0 Å². The molecule has 1 aliphatic heterocycles. The summed E-state index contributed by atoms with van der Waals surface area (Å²) in [6.45, 7) is 0.983. The van der Waals surface area contributed by atoms with Gasteiger partial charge in [0.25, 0.3) is 0 Å². The summed E-state index contributed by atoms with van der Waals surface area (Å²) in [5, 5.41) is 9.17. The van der Waals surface area contributed by atoms with Gasteiger partial charge >= 0.3 is 0 Å². The second-order valence-electron chi connectivity index (χ2n) is 5.00. The third-order valence-electron chi connectivity index (χ3n) is 3.53. The number of nitrogens with two attached hydrogens (primary N) is 1. The fourth-order valence-corrected chi connectivity index (χ4v) is 4.07. The van der Waals surface area contributed by atoms with Crippen molar-refractivity contribution in [1.29, 1.82) is 0 Å². The van der Waals surface area contributed by atoms with Crippen molar-refractivity contribution in [2.45, 2.75) is 18.6 Å². The fraction of sp³-hybridized carbons (Fsp3) is 0.538. The van der Waals surface area contributed by atoms with E-state index in [9.17, 15) is 8.42 Å². The molecule has 5 nitrogen and oxygen atoms in total. The molecule has 106 valence electrons. The van der Waals surface area contributed by atoms with Gasteiger partial charge in [-0.3, -0.25) is 0 Å². The molecule has 0 bridgehead atoms. The van der Waals surface area contributed by atoms with E-state index in [1.54, 1.807) is 24.3 Å². The number of aliphatic hydroxyl groups is 1. The van der Waals surface area contributed by atoms with Gasteiger partial charge < -0.3 is 10.8 Å². The minimum atomic E-state index is -3.36. The lowest BCUT2D eigenvalue weighted by atomic mass is 10.0. The Labute approximate surface area is 114 Å². The van der Waals surface area contributed by atoms with Crippen molar-refractivity contribution < 1.29 is 13.5 Å². The number of hydrogen-bond acceptors (Lipinski definition) is 4. The monoisotopic (exact) mass is 284 g/mol.